The maximum absolute atomic E-state index is 12.5. The lowest BCUT2D eigenvalue weighted by Gasteiger charge is -2.20. The minimum Gasteiger partial charge on any atom is -0.489 e. The van der Waals surface area contributed by atoms with Gasteiger partial charge in [0.2, 0.25) is 0 Å². The predicted molar refractivity (Wildman–Crippen MR) is 71.0 cm³/mol. The number of hydrogen-bond donors (Lipinski definition) is 1. The summed E-state index contributed by atoms with van der Waals surface area (Å²) in [6.07, 6.45) is -6.34. The number of amides is 1. The predicted octanol–water partition coefficient (Wildman–Crippen LogP) is 3.44. The highest BCUT2D eigenvalue weighted by molar-refractivity contribution is 5.66. The summed E-state index contributed by atoms with van der Waals surface area (Å²) < 4.78 is 71.2. The fourth-order valence-corrected chi connectivity index (χ4v) is 2.45. The van der Waals surface area contributed by atoms with E-state index in [1.165, 1.54) is 0 Å². The van der Waals surface area contributed by atoms with Crippen LogP contribution in [0.4, 0.5) is 26.7 Å². The van der Waals surface area contributed by atoms with Gasteiger partial charge in [0.15, 0.2) is 0 Å². The summed E-state index contributed by atoms with van der Waals surface area (Å²) in [5.74, 6) is 0.133. The van der Waals surface area contributed by atoms with Gasteiger partial charge in [-0.1, -0.05) is 0 Å². The molecule has 1 aliphatic heterocycles. The number of ether oxygens (including phenoxy) is 2. The van der Waals surface area contributed by atoms with Crippen molar-refractivity contribution in [2.45, 2.75) is 31.4 Å². The molecule has 1 fully saturated rings. The van der Waals surface area contributed by atoms with Crippen molar-refractivity contribution in [1.29, 1.82) is 0 Å². The second-order valence-corrected chi connectivity index (χ2v) is 5.18. The molecule has 0 unspecified atom stereocenters. The highest BCUT2D eigenvalue weighted by Gasteiger charge is 2.37. The average molecular weight is 355 g/mol. The van der Waals surface area contributed by atoms with E-state index in [0.29, 0.717) is 0 Å². The van der Waals surface area contributed by atoms with E-state index in [0.717, 1.165) is 29.2 Å². The van der Waals surface area contributed by atoms with E-state index in [1.54, 1.807) is 0 Å². The Morgan fingerprint density at radius 1 is 1.29 bits per heavy atom. The fourth-order valence-electron chi connectivity index (χ4n) is 2.45. The molecule has 0 aromatic heterocycles. The first kappa shape index (κ1) is 18.2. The van der Waals surface area contributed by atoms with E-state index in [2.05, 4.69) is 4.74 Å². The quantitative estimate of drug-likeness (QED) is 0.822. The lowest BCUT2D eigenvalue weighted by atomic mass is 10.2. The average Bonchev–Trinajstić information content (AvgIpc) is 2.88. The van der Waals surface area contributed by atoms with Gasteiger partial charge in [0.05, 0.1) is 24.8 Å². The number of halogens is 5. The van der Waals surface area contributed by atoms with Crippen molar-refractivity contribution in [3.63, 3.8) is 0 Å². The second-order valence-electron chi connectivity index (χ2n) is 5.18. The van der Waals surface area contributed by atoms with Gasteiger partial charge in [0.25, 0.3) is 0 Å². The zero-order valence-corrected chi connectivity index (χ0v) is 12.2. The lowest BCUT2D eigenvalue weighted by molar-refractivity contribution is -0.138. The van der Waals surface area contributed by atoms with Crippen LogP contribution in [0.25, 0.3) is 0 Å². The number of benzene rings is 1. The monoisotopic (exact) mass is 355 g/mol. The standard InChI is InChI=1S/C14H14F5NO4/c15-12(16)23-7-9-5-11(6-20(9)13(21)22)24-10-3-1-8(2-4-10)14(17,18)19/h1-4,9,11-12H,5-7H2,(H,21,22)/t9-,11-/m1/s1. The van der Waals surface area contributed by atoms with Crippen LogP contribution in [0.15, 0.2) is 24.3 Å². The molecule has 5 nitrogen and oxygen atoms in total. The third-order valence-corrected chi connectivity index (χ3v) is 3.52. The Morgan fingerprint density at radius 2 is 1.92 bits per heavy atom. The first-order chi connectivity index (χ1) is 11.2. The SMILES string of the molecule is O=C(O)N1C[C@H](Oc2ccc(C(F)(F)F)cc2)C[C@@H]1COC(F)F. The van der Waals surface area contributed by atoms with Gasteiger partial charge in [-0.05, 0) is 24.3 Å². The number of rotatable bonds is 5. The van der Waals surface area contributed by atoms with Crippen molar-refractivity contribution < 1.29 is 41.3 Å². The van der Waals surface area contributed by atoms with E-state index in [4.69, 9.17) is 9.84 Å². The summed E-state index contributed by atoms with van der Waals surface area (Å²) in [6, 6.07) is 3.12. The Labute approximate surface area is 133 Å². The number of likely N-dealkylation sites (tertiary alicyclic amines) is 1. The van der Waals surface area contributed by atoms with Crippen molar-refractivity contribution >= 4 is 6.09 Å². The topological polar surface area (TPSA) is 59.0 Å². The molecule has 2 atom stereocenters. The molecule has 24 heavy (non-hydrogen) atoms. The molecule has 0 radical (unpaired) electrons. The maximum Gasteiger partial charge on any atom is 0.416 e. The molecule has 10 heteroatoms. The highest BCUT2D eigenvalue weighted by Crippen LogP contribution is 2.31. The van der Waals surface area contributed by atoms with Crippen molar-refractivity contribution in [1.82, 2.24) is 4.90 Å². The number of carboxylic acid groups (broad SMARTS) is 1. The van der Waals surface area contributed by atoms with Gasteiger partial charge in [-0.3, -0.25) is 4.90 Å². The van der Waals surface area contributed by atoms with Gasteiger partial charge in [-0.15, -0.1) is 0 Å². The van der Waals surface area contributed by atoms with Crippen LogP contribution in [0.1, 0.15) is 12.0 Å². The molecule has 0 saturated carbocycles. The van der Waals surface area contributed by atoms with Crippen molar-refractivity contribution in [2.24, 2.45) is 0 Å². The number of alkyl halides is 5. The van der Waals surface area contributed by atoms with Crippen LogP contribution in [-0.2, 0) is 10.9 Å². The van der Waals surface area contributed by atoms with Crippen LogP contribution < -0.4 is 4.74 Å². The molecule has 2 rings (SSSR count). The molecule has 1 aliphatic rings. The van der Waals surface area contributed by atoms with Crippen molar-refractivity contribution in [2.75, 3.05) is 13.2 Å². The first-order valence-electron chi connectivity index (χ1n) is 6.90. The van der Waals surface area contributed by atoms with E-state index < -0.39 is 43.2 Å². The molecule has 1 aromatic carbocycles. The Balaban J connectivity index is 1.98. The number of carbonyl (C=O) groups is 1. The molecule has 1 heterocycles. The van der Waals surface area contributed by atoms with Crippen LogP contribution in [0.5, 0.6) is 5.75 Å². The Morgan fingerprint density at radius 3 is 2.42 bits per heavy atom. The normalized spacial score (nSPS) is 21.3. The van der Waals surface area contributed by atoms with Crippen LogP contribution in [0, 0.1) is 0 Å². The van der Waals surface area contributed by atoms with Crippen LogP contribution in [0.2, 0.25) is 0 Å². The lowest BCUT2D eigenvalue weighted by Crippen LogP contribution is -2.38. The third kappa shape index (κ3) is 4.70. The smallest absolute Gasteiger partial charge is 0.416 e. The maximum atomic E-state index is 12.5. The molecule has 0 aliphatic carbocycles. The summed E-state index contributed by atoms with van der Waals surface area (Å²) >= 11 is 0. The number of nitrogens with zero attached hydrogens (tertiary/aromatic N) is 1. The Bertz CT molecular complexity index is 563. The molecule has 134 valence electrons. The molecule has 1 N–H and O–H groups in total. The molecule has 1 aromatic rings. The van der Waals surface area contributed by atoms with Crippen molar-refractivity contribution in [3.05, 3.63) is 29.8 Å². The highest BCUT2D eigenvalue weighted by atomic mass is 19.4. The van der Waals surface area contributed by atoms with Crippen LogP contribution in [0.3, 0.4) is 0 Å². The van der Waals surface area contributed by atoms with E-state index >= 15 is 0 Å². The van der Waals surface area contributed by atoms with Gasteiger partial charge in [0.1, 0.15) is 11.9 Å². The minimum atomic E-state index is -4.47. The zero-order valence-electron chi connectivity index (χ0n) is 12.2. The van der Waals surface area contributed by atoms with Crippen LogP contribution >= 0.6 is 0 Å². The molecular formula is C14H14F5NO4. The summed E-state index contributed by atoms with van der Waals surface area (Å²) in [6.45, 7) is -3.60. The van der Waals surface area contributed by atoms with Gasteiger partial charge in [-0.2, -0.15) is 22.0 Å². The molecule has 0 bridgehead atoms. The van der Waals surface area contributed by atoms with Crippen LogP contribution in [-0.4, -0.2) is 48.0 Å². The Hall–Kier alpha value is -2.10. The fraction of sp³-hybridized carbons (Fsp3) is 0.500. The van der Waals surface area contributed by atoms with Gasteiger partial charge >= 0.3 is 18.9 Å². The summed E-state index contributed by atoms with van der Waals surface area (Å²) in [5.41, 5.74) is -0.836. The molecule has 1 saturated heterocycles. The second kappa shape index (κ2) is 7.20. The largest absolute Gasteiger partial charge is 0.489 e. The van der Waals surface area contributed by atoms with E-state index in [-0.39, 0.29) is 18.7 Å². The van der Waals surface area contributed by atoms with Gasteiger partial charge < -0.3 is 14.6 Å². The zero-order chi connectivity index (χ0) is 17.9. The summed E-state index contributed by atoms with van der Waals surface area (Å²) in [7, 11) is 0. The van der Waals surface area contributed by atoms with Crippen molar-refractivity contribution in [3.8, 4) is 5.75 Å². The van der Waals surface area contributed by atoms with E-state index in [9.17, 15) is 26.7 Å². The van der Waals surface area contributed by atoms with E-state index in [1.807, 2.05) is 0 Å². The first-order valence-corrected chi connectivity index (χ1v) is 6.90. The molecule has 0 spiro atoms. The number of hydrogen-bond acceptors (Lipinski definition) is 3. The van der Waals surface area contributed by atoms with Gasteiger partial charge in [0, 0.05) is 6.42 Å². The summed E-state index contributed by atoms with van der Waals surface area (Å²) in [4.78, 5) is 12.0. The molecule has 1 amide bonds. The summed E-state index contributed by atoms with van der Waals surface area (Å²) in [5, 5.41) is 9.06. The third-order valence-electron chi connectivity index (χ3n) is 3.52. The van der Waals surface area contributed by atoms with Gasteiger partial charge in [-0.25, -0.2) is 4.79 Å². The minimum absolute atomic E-state index is 0.0897. The Kier molecular flexibility index (Phi) is 5.47. The molecular weight excluding hydrogens is 341 g/mol.